The van der Waals surface area contributed by atoms with E-state index in [1.54, 1.807) is 7.11 Å². The number of hydrogen-bond donors (Lipinski definition) is 2. The molecule has 7 heteroatoms. The number of nitrogens with zero attached hydrogens (tertiary/aromatic N) is 2. The quantitative estimate of drug-likeness (QED) is 0.654. The SMILES string of the molecule is COc1ccc(Nc2nc(NCC3CCCO3)c3ccccc3n2)cc1.Cl. The summed E-state index contributed by atoms with van der Waals surface area (Å²) in [5.74, 6) is 2.19. The summed E-state index contributed by atoms with van der Waals surface area (Å²) in [6.45, 7) is 1.60. The van der Waals surface area contributed by atoms with Crippen molar-refractivity contribution in [1.29, 1.82) is 0 Å². The number of halogens is 1. The van der Waals surface area contributed by atoms with Crippen molar-refractivity contribution in [2.24, 2.45) is 0 Å². The Balaban J connectivity index is 0.00000210. The minimum Gasteiger partial charge on any atom is -0.497 e. The van der Waals surface area contributed by atoms with Gasteiger partial charge >= 0.3 is 0 Å². The lowest BCUT2D eigenvalue weighted by atomic mass is 10.2. The van der Waals surface area contributed by atoms with Crippen LogP contribution in [0.15, 0.2) is 48.5 Å². The molecule has 0 bridgehead atoms. The van der Waals surface area contributed by atoms with Crippen molar-refractivity contribution in [3.05, 3.63) is 48.5 Å². The van der Waals surface area contributed by atoms with Crippen LogP contribution in [0, 0.1) is 0 Å². The lowest BCUT2D eigenvalue weighted by Crippen LogP contribution is -2.19. The molecular formula is C20H23ClN4O2. The highest BCUT2D eigenvalue weighted by Gasteiger charge is 2.16. The molecule has 2 heterocycles. The number of anilines is 3. The van der Waals surface area contributed by atoms with E-state index in [-0.39, 0.29) is 18.5 Å². The van der Waals surface area contributed by atoms with Crippen LogP contribution in [0.5, 0.6) is 5.75 Å². The molecule has 0 aliphatic carbocycles. The van der Waals surface area contributed by atoms with Crippen molar-refractivity contribution in [2.75, 3.05) is 30.9 Å². The van der Waals surface area contributed by atoms with Gasteiger partial charge in [-0.1, -0.05) is 12.1 Å². The third-order valence-corrected chi connectivity index (χ3v) is 4.47. The molecule has 0 amide bonds. The normalized spacial score (nSPS) is 16.0. The number of fused-ring (bicyclic) bond motifs is 1. The maximum atomic E-state index is 5.70. The number of rotatable bonds is 6. The van der Waals surface area contributed by atoms with Gasteiger partial charge in [-0.3, -0.25) is 0 Å². The summed E-state index contributed by atoms with van der Waals surface area (Å²) in [5.41, 5.74) is 1.81. The fraction of sp³-hybridized carbons (Fsp3) is 0.300. The minimum atomic E-state index is 0. The Kier molecular flexibility index (Phi) is 6.32. The smallest absolute Gasteiger partial charge is 0.229 e. The van der Waals surface area contributed by atoms with E-state index >= 15 is 0 Å². The van der Waals surface area contributed by atoms with E-state index in [1.165, 1.54) is 0 Å². The van der Waals surface area contributed by atoms with Gasteiger partial charge in [-0.05, 0) is 49.2 Å². The number of hydrogen-bond acceptors (Lipinski definition) is 6. The maximum absolute atomic E-state index is 5.70. The third-order valence-electron chi connectivity index (χ3n) is 4.47. The summed E-state index contributed by atoms with van der Waals surface area (Å²) < 4.78 is 10.9. The molecule has 0 radical (unpaired) electrons. The van der Waals surface area contributed by atoms with Crippen LogP contribution in [0.4, 0.5) is 17.5 Å². The fourth-order valence-electron chi connectivity index (χ4n) is 3.09. The number of methoxy groups -OCH3 is 1. The zero-order chi connectivity index (χ0) is 17.8. The maximum Gasteiger partial charge on any atom is 0.229 e. The van der Waals surface area contributed by atoms with Crippen LogP contribution in [-0.2, 0) is 4.74 Å². The number of benzene rings is 2. The minimum absolute atomic E-state index is 0. The van der Waals surface area contributed by atoms with Crippen molar-refractivity contribution in [2.45, 2.75) is 18.9 Å². The Morgan fingerprint density at radius 2 is 1.93 bits per heavy atom. The molecule has 1 saturated heterocycles. The number of nitrogens with one attached hydrogen (secondary N) is 2. The second-order valence-electron chi connectivity index (χ2n) is 6.28. The van der Waals surface area contributed by atoms with Crippen molar-refractivity contribution in [1.82, 2.24) is 9.97 Å². The lowest BCUT2D eigenvalue weighted by Gasteiger charge is -2.14. The van der Waals surface area contributed by atoms with Gasteiger partial charge in [-0.15, -0.1) is 12.4 Å². The molecule has 1 atom stereocenters. The van der Waals surface area contributed by atoms with Crippen LogP contribution in [0.1, 0.15) is 12.8 Å². The molecule has 0 saturated carbocycles. The topological polar surface area (TPSA) is 68.3 Å². The molecule has 4 rings (SSSR count). The van der Waals surface area contributed by atoms with Crippen LogP contribution in [0.25, 0.3) is 10.9 Å². The van der Waals surface area contributed by atoms with E-state index in [1.807, 2.05) is 48.5 Å². The van der Waals surface area contributed by atoms with Gasteiger partial charge in [0.25, 0.3) is 0 Å². The van der Waals surface area contributed by atoms with Gasteiger partial charge in [-0.25, -0.2) is 4.98 Å². The van der Waals surface area contributed by atoms with Gasteiger partial charge in [0.05, 0.1) is 18.7 Å². The second-order valence-corrected chi connectivity index (χ2v) is 6.28. The molecule has 142 valence electrons. The van der Waals surface area contributed by atoms with E-state index in [2.05, 4.69) is 20.6 Å². The molecular weight excluding hydrogens is 364 g/mol. The van der Waals surface area contributed by atoms with Crippen LogP contribution >= 0.6 is 12.4 Å². The molecule has 1 aliphatic rings. The van der Waals surface area contributed by atoms with Crippen molar-refractivity contribution in [3.8, 4) is 5.75 Å². The first-order chi connectivity index (χ1) is 12.8. The lowest BCUT2D eigenvalue weighted by molar-refractivity contribution is 0.120. The van der Waals surface area contributed by atoms with E-state index in [0.717, 1.165) is 54.2 Å². The number of ether oxygens (including phenoxy) is 2. The number of para-hydroxylation sites is 1. The highest BCUT2D eigenvalue weighted by Crippen LogP contribution is 2.25. The Labute approximate surface area is 164 Å². The fourth-order valence-corrected chi connectivity index (χ4v) is 3.09. The summed E-state index contributed by atoms with van der Waals surface area (Å²) >= 11 is 0. The van der Waals surface area contributed by atoms with Crippen LogP contribution < -0.4 is 15.4 Å². The van der Waals surface area contributed by atoms with Crippen molar-refractivity contribution in [3.63, 3.8) is 0 Å². The molecule has 6 nitrogen and oxygen atoms in total. The largest absolute Gasteiger partial charge is 0.497 e. The highest BCUT2D eigenvalue weighted by atomic mass is 35.5. The first-order valence-corrected chi connectivity index (χ1v) is 8.85. The summed E-state index contributed by atoms with van der Waals surface area (Å²) in [7, 11) is 1.65. The molecule has 27 heavy (non-hydrogen) atoms. The first kappa shape index (κ1) is 19.2. The van der Waals surface area contributed by atoms with E-state index < -0.39 is 0 Å². The number of aromatic nitrogens is 2. The van der Waals surface area contributed by atoms with Gasteiger partial charge < -0.3 is 20.1 Å². The summed E-state index contributed by atoms with van der Waals surface area (Å²) in [6.07, 6.45) is 2.47. The Morgan fingerprint density at radius 3 is 2.67 bits per heavy atom. The van der Waals surface area contributed by atoms with E-state index in [9.17, 15) is 0 Å². The van der Waals surface area contributed by atoms with Gasteiger partial charge in [0, 0.05) is 24.2 Å². The second kappa shape index (κ2) is 8.88. The molecule has 0 spiro atoms. The van der Waals surface area contributed by atoms with Crippen molar-refractivity contribution < 1.29 is 9.47 Å². The van der Waals surface area contributed by atoms with Gasteiger partial charge in [0.15, 0.2) is 0 Å². The Hall–Kier alpha value is -2.57. The molecule has 3 aromatic rings. The van der Waals surface area contributed by atoms with E-state index in [0.29, 0.717) is 5.95 Å². The van der Waals surface area contributed by atoms with Crippen LogP contribution in [-0.4, -0.2) is 36.3 Å². The van der Waals surface area contributed by atoms with Crippen molar-refractivity contribution >= 4 is 40.8 Å². The highest BCUT2D eigenvalue weighted by molar-refractivity contribution is 5.90. The van der Waals surface area contributed by atoms with Gasteiger partial charge in [-0.2, -0.15) is 4.98 Å². The van der Waals surface area contributed by atoms with Gasteiger partial charge in [0.2, 0.25) is 5.95 Å². The molecule has 1 aliphatic heterocycles. The third kappa shape index (κ3) is 4.59. The predicted molar refractivity (Wildman–Crippen MR) is 111 cm³/mol. The zero-order valence-corrected chi connectivity index (χ0v) is 16.0. The summed E-state index contributed by atoms with van der Waals surface area (Å²) in [6, 6.07) is 15.7. The Bertz CT molecular complexity index is 883. The van der Waals surface area contributed by atoms with Crippen LogP contribution in [0.2, 0.25) is 0 Å². The summed E-state index contributed by atoms with van der Waals surface area (Å²) in [4.78, 5) is 9.31. The van der Waals surface area contributed by atoms with Crippen LogP contribution in [0.3, 0.4) is 0 Å². The zero-order valence-electron chi connectivity index (χ0n) is 15.1. The monoisotopic (exact) mass is 386 g/mol. The molecule has 1 aromatic heterocycles. The summed E-state index contributed by atoms with van der Waals surface area (Å²) in [5, 5.41) is 7.71. The molecule has 2 N–H and O–H groups in total. The average molecular weight is 387 g/mol. The standard InChI is InChI=1S/C20H22N4O2.ClH/c1-25-15-10-8-14(9-11-15)22-20-23-18-7-3-2-6-17(18)19(24-20)21-13-16-5-4-12-26-16;/h2-3,6-11,16H,4-5,12-13H2,1H3,(H2,21,22,23,24);1H. The average Bonchev–Trinajstić information content (AvgIpc) is 3.20. The van der Waals surface area contributed by atoms with E-state index in [4.69, 9.17) is 9.47 Å². The predicted octanol–water partition coefficient (Wildman–Crippen LogP) is 4.39. The molecule has 2 aromatic carbocycles. The Morgan fingerprint density at radius 1 is 1.11 bits per heavy atom. The first-order valence-electron chi connectivity index (χ1n) is 8.85. The van der Waals surface area contributed by atoms with Gasteiger partial charge in [0.1, 0.15) is 11.6 Å². The molecule has 1 unspecified atom stereocenters. The molecule has 1 fully saturated rings.